The van der Waals surface area contributed by atoms with Gasteiger partial charge in [0.2, 0.25) is 12.2 Å². The molecule has 2 heterocycles. The molecule has 1 saturated heterocycles. The van der Waals surface area contributed by atoms with Gasteiger partial charge in [0, 0.05) is 29.6 Å². The molecule has 4 rings (SSSR count). The summed E-state index contributed by atoms with van der Waals surface area (Å²) >= 11 is 0. The van der Waals surface area contributed by atoms with Crippen LogP contribution in [0.1, 0.15) is 61.9 Å². The van der Waals surface area contributed by atoms with E-state index < -0.39 is 37.3 Å². The maximum Gasteiger partial charge on any atom is 0.239 e. The minimum atomic E-state index is -1.49. The highest BCUT2D eigenvalue weighted by molar-refractivity contribution is 5.40. The number of nitrogens with zero attached hydrogens (tertiary/aromatic N) is 2. The van der Waals surface area contributed by atoms with E-state index in [-0.39, 0.29) is 6.04 Å². The highest BCUT2D eigenvalue weighted by Gasteiger charge is 2.45. The Labute approximate surface area is 182 Å². The number of aliphatic hydroxyl groups is 4. The van der Waals surface area contributed by atoms with Gasteiger partial charge in [0.15, 0.2) is 0 Å². The van der Waals surface area contributed by atoms with Crippen LogP contribution in [0.25, 0.3) is 0 Å². The lowest BCUT2D eigenvalue weighted by Gasteiger charge is -2.39. The van der Waals surface area contributed by atoms with E-state index in [0.29, 0.717) is 18.2 Å². The molecule has 0 radical (unpaired) electrons. The molecule has 2 aromatic rings. The van der Waals surface area contributed by atoms with Gasteiger partial charge in [0.25, 0.3) is 0 Å². The van der Waals surface area contributed by atoms with E-state index in [0.717, 1.165) is 29.7 Å². The Bertz CT molecular complexity index is 864. The molecule has 2 aliphatic rings. The van der Waals surface area contributed by atoms with E-state index in [1.807, 2.05) is 22.9 Å². The maximum atomic E-state index is 10.4. The van der Waals surface area contributed by atoms with Crippen LogP contribution >= 0.6 is 0 Å². The molecular weight excluding hydrogens is 400 g/mol. The Morgan fingerprint density at radius 2 is 1.81 bits per heavy atom. The first-order valence-electron chi connectivity index (χ1n) is 11.0. The van der Waals surface area contributed by atoms with Crippen molar-refractivity contribution in [3.05, 3.63) is 47.2 Å². The molecule has 170 valence electrons. The van der Waals surface area contributed by atoms with Crippen molar-refractivity contribution in [2.24, 2.45) is 0 Å². The van der Waals surface area contributed by atoms with Gasteiger partial charge in [0.05, 0.1) is 6.61 Å². The van der Waals surface area contributed by atoms with Gasteiger partial charge in [-0.25, -0.2) is 0 Å². The first kappa shape index (κ1) is 22.2. The zero-order valence-corrected chi connectivity index (χ0v) is 18.0. The molecule has 5 atom stereocenters. The van der Waals surface area contributed by atoms with Crippen LogP contribution in [-0.2, 0) is 11.2 Å². The van der Waals surface area contributed by atoms with Gasteiger partial charge < -0.3 is 29.9 Å². The largest absolute Gasteiger partial charge is 0.443 e. The Kier molecular flexibility index (Phi) is 6.64. The summed E-state index contributed by atoms with van der Waals surface area (Å²) in [5, 5.41) is 44.8. The lowest BCUT2D eigenvalue weighted by atomic mass is 9.80. The molecule has 0 spiro atoms. The van der Waals surface area contributed by atoms with E-state index >= 15 is 0 Å². The van der Waals surface area contributed by atoms with Crippen LogP contribution in [0.5, 0.6) is 5.88 Å². The highest BCUT2D eigenvalue weighted by Crippen LogP contribution is 2.43. The topological polar surface area (TPSA) is 117 Å². The van der Waals surface area contributed by atoms with Crippen LogP contribution < -0.4 is 4.74 Å². The molecule has 0 bridgehead atoms. The number of hydrogen-bond acceptors (Lipinski definition) is 7. The van der Waals surface area contributed by atoms with Crippen molar-refractivity contribution < 1.29 is 29.9 Å². The van der Waals surface area contributed by atoms with Crippen molar-refractivity contribution in [3.63, 3.8) is 0 Å². The first-order chi connectivity index (χ1) is 14.9. The zero-order chi connectivity index (χ0) is 22.1. The van der Waals surface area contributed by atoms with Crippen molar-refractivity contribution in [3.8, 4) is 5.88 Å². The molecule has 1 saturated carbocycles. The predicted molar refractivity (Wildman–Crippen MR) is 113 cm³/mol. The van der Waals surface area contributed by atoms with Gasteiger partial charge in [-0.1, -0.05) is 36.8 Å². The average molecular weight is 433 g/mol. The summed E-state index contributed by atoms with van der Waals surface area (Å²) in [6, 6.07) is 10.2. The summed E-state index contributed by atoms with van der Waals surface area (Å²) in [5.74, 6) is 0.754. The Morgan fingerprint density at radius 3 is 2.39 bits per heavy atom. The molecule has 4 N–H and O–H groups in total. The smallest absolute Gasteiger partial charge is 0.239 e. The van der Waals surface area contributed by atoms with Crippen LogP contribution in [-0.4, -0.2) is 67.5 Å². The molecular formula is C23H32N2O6. The Balaban J connectivity index is 1.70. The van der Waals surface area contributed by atoms with Crippen LogP contribution in [0.2, 0.25) is 0 Å². The number of rotatable bonds is 7. The van der Waals surface area contributed by atoms with Gasteiger partial charge in [-0.15, -0.1) is 5.10 Å². The van der Waals surface area contributed by atoms with Gasteiger partial charge in [-0.05, 0) is 32.3 Å². The molecule has 1 aliphatic carbocycles. The molecule has 0 amide bonds. The fourth-order valence-electron chi connectivity index (χ4n) is 4.30. The predicted octanol–water partition coefficient (Wildman–Crippen LogP) is 1.50. The number of aliphatic hydroxyl groups excluding tert-OH is 4. The second-order valence-corrected chi connectivity index (χ2v) is 8.81. The van der Waals surface area contributed by atoms with E-state index in [1.165, 1.54) is 6.42 Å². The third-order valence-electron chi connectivity index (χ3n) is 6.29. The van der Waals surface area contributed by atoms with E-state index in [1.54, 1.807) is 0 Å². The quantitative estimate of drug-likeness (QED) is 0.524. The van der Waals surface area contributed by atoms with Crippen molar-refractivity contribution >= 4 is 0 Å². The van der Waals surface area contributed by atoms with Crippen LogP contribution in [0, 0.1) is 0 Å². The van der Waals surface area contributed by atoms with Crippen molar-refractivity contribution in [1.82, 2.24) is 9.78 Å². The Hall–Kier alpha value is -1.97. The van der Waals surface area contributed by atoms with Crippen LogP contribution in [0.3, 0.4) is 0 Å². The van der Waals surface area contributed by atoms with E-state index in [2.05, 4.69) is 26.0 Å². The summed E-state index contributed by atoms with van der Waals surface area (Å²) in [4.78, 5) is 0. The Morgan fingerprint density at radius 1 is 1.10 bits per heavy atom. The normalized spacial score (nSPS) is 29.2. The minimum absolute atomic E-state index is 0.122. The maximum absolute atomic E-state index is 10.4. The molecule has 1 aromatic heterocycles. The third kappa shape index (κ3) is 4.36. The second-order valence-electron chi connectivity index (χ2n) is 8.81. The van der Waals surface area contributed by atoms with Crippen molar-refractivity contribution in [2.45, 2.75) is 82.2 Å². The van der Waals surface area contributed by atoms with E-state index in [9.17, 15) is 20.4 Å². The average Bonchev–Trinajstić information content (AvgIpc) is 3.06. The summed E-state index contributed by atoms with van der Waals surface area (Å²) in [6.07, 6.45) is -2.69. The standard InChI is InChI=1S/C23H32N2O6/c1-13(2)25-18(15-9-6-10-15)16(11-14-7-4-3-5-8-14)22(24-25)31-23-21(29)20(28)19(27)17(12-26)30-23/h3-5,7-8,13,15,17,19-21,23,26-29H,6,9-12H2,1-2H3/t17-,19-,20+,21-,23+/m1/s1. The minimum Gasteiger partial charge on any atom is -0.443 e. The van der Waals surface area contributed by atoms with Gasteiger partial charge in [-0.3, -0.25) is 4.68 Å². The SMILES string of the molecule is CC(C)n1nc(O[C@@H]2O[C@H](CO)[C@@H](O)[C@H](O)[C@H]2O)c(Cc2ccccc2)c1C1CCC1. The van der Waals surface area contributed by atoms with Crippen molar-refractivity contribution in [1.29, 1.82) is 0 Å². The molecule has 8 heteroatoms. The molecule has 0 unspecified atom stereocenters. The van der Waals surface area contributed by atoms with Crippen LogP contribution in [0.15, 0.2) is 30.3 Å². The molecule has 1 aromatic carbocycles. The molecule has 1 aliphatic heterocycles. The van der Waals surface area contributed by atoms with Gasteiger partial charge >= 0.3 is 0 Å². The summed E-state index contributed by atoms with van der Waals surface area (Å²) in [6.45, 7) is 3.63. The fourth-order valence-corrected chi connectivity index (χ4v) is 4.30. The van der Waals surface area contributed by atoms with Crippen molar-refractivity contribution in [2.75, 3.05) is 6.61 Å². The van der Waals surface area contributed by atoms with Gasteiger partial charge in [0.1, 0.15) is 24.4 Å². The first-order valence-corrected chi connectivity index (χ1v) is 11.0. The molecule has 2 fully saturated rings. The summed E-state index contributed by atoms with van der Waals surface area (Å²) < 4.78 is 13.6. The summed E-state index contributed by atoms with van der Waals surface area (Å²) in [5.41, 5.74) is 3.20. The number of ether oxygens (including phenoxy) is 2. The summed E-state index contributed by atoms with van der Waals surface area (Å²) in [7, 11) is 0. The second kappa shape index (κ2) is 9.26. The van der Waals surface area contributed by atoms with Gasteiger partial charge in [-0.2, -0.15) is 0 Å². The number of aromatic nitrogens is 2. The molecule has 8 nitrogen and oxygen atoms in total. The monoisotopic (exact) mass is 432 g/mol. The zero-order valence-electron chi connectivity index (χ0n) is 18.0. The highest BCUT2D eigenvalue weighted by atomic mass is 16.7. The van der Waals surface area contributed by atoms with Crippen LogP contribution in [0.4, 0.5) is 0 Å². The lowest BCUT2D eigenvalue weighted by molar-refractivity contribution is -0.278. The number of benzene rings is 1. The number of hydrogen-bond donors (Lipinski definition) is 4. The lowest BCUT2D eigenvalue weighted by Crippen LogP contribution is -2.60. The van der Waals surface area contributed by atoms with E-state index in [4.69, 9.17) is 14.6 Å². The third-order valence-corrected chi connectivity index (χ3v) is 6.29. The molecule has 31 heavy (non-hydrogen) atoms. The fraction of sp³-hybridized carbons (Fsp3) is 0.609.